The van der Waals surface area contributed by atoms with Crippen molar-refractivity contribution in [2.75, 3.05) is 9.80 Å². The lowest BCUT2D eigenvalue weighted by Crippen LogP contribution is -2.14. The van der Waals surface area contributed by atoms with Crippen molar-refractivity contribution in [1.29, 1.82) is 0 Å². The highest BCUT2D eigenvalue weighted by Gasteiger charge is 2.28. The molecule has 4 heteroatoms. The van der Waals surface area contributed by atoms with Gasteiger partial charge in [-0.05, 0) is 169 Å². The molecule has 2 heterocycles. The molecule has 0 atom stereocenters. The Kier molecular flexibility index (Phi) is 19.9. The molecule has 0 aliphatic rings. The van der Waals surface area contributed by atoms with E-state index in [2.05, 4.69) is 504 Å². The highest BCUT2D eigenvalue weighted by Crippen LogP contribution is 2.51. The molecule has 0 fully saturated rings. The molecular formula is C112H80N4. The number of fused-ring (bicyclic) bond motifs is 6. The van der Waals surface area contributed by atoms with E-state index >= 15 is 0 Å². The van der Waals surface area contributed by atoms with Crippen molar-refractivity contribution in [3.8, 4) is 33.6 Å². The van der Waals surface area contributed by atoms with E-state index in [4.69, 9.17) is 0 Å². The summed E-state index contributed by atoms with van der Waals surface area (Å²) in [6.45, 7) is 0. The minimum absolute atomic E-state index is 1.07. The summed E-state index contributed by atoms with van der Waals surface area (Å²) in [6.07, 6.45) is 0. The van der Waals surface area contributed by atoms with E-state index in [1.807, 2.05) is 0 Å². The SMILES string of the molecule is c1ccc(C(=C(c2ccccc2)c2ccccc2N(c2ccc(-c3ccccc3)cc2)c2ccc3c4ccccc4n(-c4ccccc4)c3c2)c2ccccc2)cc1.c1ccc(C(=C(c2ccccc2)c2ccccc2N(c2ccc3c(c2)c2ccccc2n3-c2ccccc2)c2ccccc2-c2ccccc2)c2ccccc2)cc1. The summed E-state index contributed by atoms with van der Waals surface area (Å²) >= 11 is 0. The second-order valence-electron chi connectivity index (χ2n) is 29.0. The summed E-state index contributed by atoms with van der Waals surface area (Å²) < 4.78 is 4.78. The molecule has 20 rings (SSSR count). The van der Waals surface area contributed by atoms with Crippen molar-refractivity contribution in [1.82, 2.24) is 9.13 Å². The van der Waals surface area contributed by atoms with Crippen LogP contribution in [0.3, 0.4) is 0 Å². The van der Waals surface area contributed by atoms with Crippen LogP contribution in [0.4, 0.5) is 34.1 Å². The fraction of sp³-hybridized carbons (Fsp3) is 0. The highest BCUT2D eigenvalue weighted by atomic mass is 15.2. The van der Waals surface area contributed by atoms with Crippen LogP contribution in [0, 0.1) is 0 Å². The number of hydrogen-bond acceptors (Lipinski definition) is 2. The Morgan fingerprint density at radius 3 is 0.940 bits per heavy atom. The Balaban J connectivity index is 0.000000155. The number of para-hydroxylation sites is 7. The summed E-state index contributed by atoms with van der Waals surface area (Å²) in [4.78, 5) is 4.91. The van der Waals surface area contributed by atoms with E-state index in [0.717, 1.165) is 112 Å². The molecule has 2 aromatic heterocycles. The number of benzene rings is 18. The molecule has 4 nitrogen and oxygen atoms in total. The van der Waals surface area contributed by atoms with E-state index in [9.17, 15) is 0 Å². The van der Waals surface area contributed by atoms with Gasteiger partial charge in [0, 0.05) is 66.7 Å². The average Bonchev–Trinajstić information content (AvgIpc) is 1.64. The smallest absolute Gasteiger partial charge is 0.0561 e. The first-order valence-electron chi connectivity index (χ1n) is 39.7. The van der Waals surface area contributed by atoms with E-state index < -0.39 is 0 Å². The molecule has 0 aliphatic carbocycles. The molecule has 0 unspecified atom stereocenters. The van der Waals surface area contributed by atoms with Crippen LogP contribution in [-0.4, -0.2) is 9.13 Å². The van der Waals surface area contributed by atoms with Crippen molar-refractivity contribution in [3.63, 3.8) is 0 Å². The maximum Gasteiger partial charge on any atom is 0.0561 e. The van der Waals surface area contributed by atoms with Gasteiger partial charge >= 0.3 is 0 Å². The number of rotatable bonds is 18. The highest BCUT2D eigenvalue weighted by molar-refractivity contribution is 6.14. The van der Waals surface area contributed by atoms with Gasteiger partial charge in [0.15, 0.2) is 0 Å². The normalized spacial score (nSPS) is 11.1. The van der Waals surface area contributed by atoms with Crippen LogP contribution in [0.2, 0.25) is 0 Å². The van der Waals surface area contributed by atoms with Gasteiger partial charge in [0.25, 0.3) is 0 Å². The van der Waals surface area contributed by atoms with Gasteiger partial charge in [-0.25, -0.2) is 0 Å². The molecule has 116 heavy (non-hydrogen) atoms. The second-order valence-corrected chi connectivity index (χ2v) is 29.0. The molecule has 20 aromatic rings. The molecular weight excluding hydrogens is 1400 g/mol. The third-order valence-electron chi connectivity index (χ3n) is 22.0. The zero-order valence-electron chi connectivity index (χ0n) is 64.0. The Morgan fingerprint density at radius 2 is 0.474 bits per heavy atom. The van der Waals surface area contributed by atoms with Crippen LogP contribution in [-0.2, 0) is 0 Å². The minimum Gasteiger partial charge on any atom is -0.310 e. The summed E-state index contributed by atoms with van der Waals surface area (Å²) in [5.74, 6) is 0. The summed E-state index contributed by atoms with van der Waals surface area (Å²) in [7, 11) is 0. The van der Waals surface area contributed by atoms with E-state index in [1.165, 1.54) is 65.9 Å². The molecule has 0 amide bonds. The van der Waals surface area contributed by atoms with Crippen molar-refractivity contribution in [2.45, 2.75) is 0 Å². The molecule has 0 bridgehead atoms. The Bertz CT molecular complexity index is 6780. The first-order valence-corrected chi connectivity index (χ1v) is 39.7. The standard InChI is InChI=1S/2C56H40N2/c1-6-22-41(23-7-1)47-32-16-19-35-51(47)58(46-38-39-54-50(40-46)48-33-17-20-36-52(48)57(54)45-30-14-5-15-31-45)53-37-21-18-34-49(53)56(44-28-12-4-13-29-44)55(42-24-8-2-9-25-42)43-26-10-3-11-27-43;1-6-20-41(21-7-1)42-34-36-47(37-35-42)57(48-38-39-50-49-30-16-18-32-52(49)58(54(50)40-48)46-28-14-5-15-29-46)53-33-19-17-31-51(53)56(45-26-12-4-13-27-45)55(43-22-8-2-9-23-43)44-24-10-3-11-25-44/h2*1-40H. The van der Waals surface area contributed by atoms with Gasteiger partial charge < -0.3 is 18.9 Å². The van der Waals surface area contributed by atoms with Crippen molar-refractivity contribution < 1.29 is 0 Å². The summed E-state index contributed by atoms with van der Waals surface area (Å²) in [6, 6.07) is 175. The zero-order chi connectivity index (χ0) is 77.4. The van der Waals surface area contributed by atoms with E-state index in [1.54, 1.807) is 0 Å². The molecule has 0 N–H and O–H groups in total. The van der Waals surface area contributed by atoms with Crippen LogP contribution in [0.5, 0.6) is 0 Å². The van der Waals surface area contributed by atoms with Gasteiger partial charge in [-0.1, -0.05) is 388 Å². The van der Waals surface area contributed by atoms with Crippen LogP contribution in [0.1, 0.15) is 44.5 Å². The van der Waals surface area contributed by atoms with Gasteiger partial charge in [-0.2, -0.15) is 0 Å². The van der Waals surface area contributed by atoms with Gasteiger partial charge in [-0.3, -0.25) is 0 Å². The van der Waals surface area contributed by atoms with Crippen LogP contribution < -0.4 is 9.80 Å². The largest absolute Gasteiger partial charge is 0.310 e. The predicted molar refractivity (Wildman–Crippen MR) is 490 cm³/mol. The summed E-state index contributed by atoms with van der Waals surface area (Å²) in [5.41, 5.74) is 32.0. The topological polar surface area (TPSA) is 16.3 Å². The Labute approximate surface area is 677 Å². The number of nitrogens with zero attached hydrogens (tertiary/aromatic N) is 4. The van der Waals surface area contributed by atoms with Gasteiger partial charge in [0.2, 0.25) is 0 Å². The minimum atomic E-state index is 1.07. The third kappa shape index (κ3) is 13.9. The van der Waals surface area contributed by atoms with Crippen molar-refractivity contribution in [2.24, 2.45) is 0 Å². The molecule has 0 saturated heterocycles. The van der Waals surface area contributed by atoms with Crippen LogP contribution in [0.25, 0.3) is 99.5 Å². The fourth-order valence-corrected chi connectivity index (χ4v) is 16.9. The molecule has 0 radical (unpaired) electrons. The summed E-state index contributed by atoms with van der Waals surface area (Å²) in [5, 5.41) is 4.87. The first kappa shape index (κ1) is 71.0. The second kappa shape index (κ2) is 32.5. The quantitative estimate of drug-likeness (QED) is 0.0796. The van der Waals surface area contributed by atoms with Crippen molar-refractivity contribution in [3.05, 3.63) is 530 Å². The molecule has 548 valence electrons. The lowest BCUT2D eigenvalue weighted by molar-refractivity contribution is 1.18. The predicted octanol–water partition coefficient (Wildman–Crippen LogP) is 29.9. The zero-order valence-corrected chi connectivity index (χ0v) is 64.0. The average molecular weight is 1480 g/mol. The van der Waals surface area contributed by atoms with Crippen LogP contribution in [0.15, 0.2) is 485 Å². The number of hydrogen-bond donors (Lipinski definition) is 0. The molecule has 0 spiro atoms. The maximum atomic E-state index is 2.47. The van der Waals surface area contributed by atoms with E-state index in [0.29, 0.717) is 0 Å². The van der Waals surface area contributed by atoms with Crippen molar-refractivity contribution >= 4 is 100 Å². The fourth-order valence-electron chi connectivity index (χ4n) is 16.9. The monoisotopic (exact) mass is 1480 g/mol. The lowest BCUT2D eigenvalue weighted by Gasteiger charge is -2.31. The number of aromatic nitrogens is 2. The molecule has 0 aliphatic heterocycles. The van der Waals surface area contributed by atoms with Gasteiger partial charge in [0.1, 0.15) is 0 Å². The Hall–Kier alpha value is -15.4. The van der Waals surface area contributed by atoms with Gasteiger partial charge in [-0.15, -0.1) is 0 Å². The third-order valence-corrected chi connectivity index (χ3v) is 22.0. The molecule has 18 aromatic carbocycles. The molecule has 0 saturated carbocycles. The van der Waals surface area contributed by atoms with E-state index in [-0.39, 0.29) is 0 Å². The van der Waals surface area contributed by atoms with Gasteiger partial charge in [0.05, 0.1) is 39.1 Å². The Morgan fingerprint density at radius 1 is 0.172 bits per heavy atom. The lowest BCUT2D eigenvalue weighted by atomic mass is 9.85. The number of anilines is 6. The maximum absolute atomic E-state index is 2.47. The first-order chi connectivity index (χ1) is 57.6. The van der Waals surface area contributed by atoms with Crippen LogP contribution >= 0.6 is 0 Å².